The predicted molar refractivity (Wildman–Crippen MR) is 130 cm³/mol. The number of ether oxygens (including phenoxy) is 4. The molecule has 2 aromatic carbocycles. The summed E-state index contributed by atoms with van der Waals surface area (Å²) >= 11 is 0. The van der Waals surface area contributed by atoms with Crippen LogP contribution >= 0.6 is 0 Å². The number of anilines is 1. The minimum atomic E-state index is -1.08. The molecule has 0 aliphatic carbocycles. The number of carbonyl (C=O) groups excluding carboxylic acids is 3. The molecule has 37 heavy (non-hydrogen) atoms. The molecule has 0 radical (unpaired) electrons. The van der Waals surface area contributed by atoms with Gasteiger partial charge in [0.25, 0.3) is 0 Å². The summed E-state index contributed by atoms with van der Waals surface area (Å²) in [5, 5.41) is 21.2. The number of methoxy groups -OCH3 is 4. The summed E-state index contributed by atoms with van der Waals surface area (Å²) < 4.78 is 20.0. The molecule has 1 aliphatic rings. The summed E-state index contributed by atoms with van der Waals surface area (Å²) in [6, 6.07) is 13.3. The lowest BCUT2D eigenvalue weighted by molar-refractivity contribution is -0.140. The van der Waals surface area contributed by atoms with Crippen molar-refractivity contribution in [3.05, 3.63) is 76.3 Å². The molecule has 0 bridgehead atoms. The number of phenols is 1. The fourth-order valence-corrected chi connectivity index (χ4v) is 4.08. The van der Waals surface area contributed by atoms with E-state index in [1.54, 1.807) is 30.3 Å². The molecular formula is C26H25N3O8. The molecule has 11 nitrogen and oxygen atoms in total. The standard InChI is InChI=1S/C26H25N3O8/c1-34-18-11-14(12-19(30)35-2)10-17(23(18)31)29-22(26(33)37-4)21(25(32)36-3)20(16(13-27)24(29)28)15-8-6-5-7-9-15/h5-11,20,31H,12,28H2,1-4H3. The minimum absolute atomic E-state index is 0.0586. The summed E-state index contributed by atoms with van der Waals surface area (Å²) in [6.07, 6.45) is -0.212. The van der Waals surface area contributed by atoms with Gasteiger partial charge in [-0.15, -0.1) is 0 Å². The van der Waals surface area contributed by atoms with Crippen LogP contribution in [0.1, 0.15) is 17.0 Å². The Morgan fingerprint density at radius 1 is 1.03 bits per heavy atom. The zero-order chi connectivity index (χ0) is 27.3. The molecule has 3 N–H and O–H groups in total. The van der Waals surface area contributed by atoms with Crippen molar-refractivity contribution < 1.29 is 38.4 Å². The van der Waals surface area contributed by atoms with E-state index in [4.69, 9.17) is 24.7 Å². The second kappa shape index (κ2) is 11.2. The van der Waals surface area contributed by atoms with Crippen molar-refractivity contribution in [3.63, 3.8) is 0 Å². The Hall–Kier alpha value is -4.98. The Morgan fingerprint density at radius 2 is 1.68 bits per heavy atom. The van der Waals surface area contributed by atoms with Gasteiger partial charge >= 0.3 is 17.9 Å². The Kier molecular flexibility index (Phi) is 8.04. The van der Waals surface area contributed by atoms with E-state index < -0.39 is 29.6 Å². The molecule has 0 aromatic heterocycles. The van der Waals surface area contributed by atoms with Gasteiger partial charge < -0.3 is 29.8 Å². The number of benzene rings is 2. The number of hydrogen-bond acceptors (Lipinski definition) is 11. The van der Waals surface area contributed by atoms with Gasteiger partial charge in [-0.25, -0.2) is 9.59 Å². The first-order valence-electron chi connectivity index (χ1n) is 10.9. The molecule has 1 aliphatic heterocycles. The van der Waals surface area contributed by atoms with Crippen LogP contribution in [0, 0.1) is 11.3 Å². The highest BCUT2D eigenvalue weighted by Crippen LogP contribution is 2.47. The second-order valence-electron chi connectivity index (χ2n) is 7.75. The van der Waals surface area contributed by atoms with E-state index in [2.05, 4.69) is 0 Å². The predicted octanol–water partition coefficient (Wildman–Crippen LogP) is 2.01. The molecule has 1 unspecified atom stereocenters. The van der Waals surface area contributed by atoms with Crippen molar-refractivity contribution in [3.8, 4) is 17.6 Å². The molecule has 0 amide bonds. The number of carbonyl (C=O) groups is 3. The topological polar surface area (TPSA) is 161 Å². The third-order valence-electron chi connectivity index (χ3n) is 5.76. The third kappa shape index (κ3) is 4.90. The van der Waals surface area contributed by atoms with Crippen molar-refractivity contribution >= 4 is 23.6 Å². The molecule has 1 heterocycles. The SMILES string of the molecule is COC(=O)Cc1cc(OC)c(O)c(N2C(N)=C(C#N)C(c3ccccc3)C(C(=O)OC)=C2C(=O)OC)c1. The van der Waals surface area contributed by atoms with Crippen LogP contribution in [0.25, 0.3) is 0 Å². The number of nitrogens with zero attached hydrogens (tertiary/aromatic N) is 2. The van der Waals surface area contributed by atoms with E-state index in [9.17, 15) is 24.8 Å². The van der Waals surface area contributed by atoms with Crippen LogP contribution in [0.2, 0.25) is 0 Å². The van der Waals surface area contributed by atoms with E-state index in [1.165, 1.54) is 26.4 Å². The zero-order valence-electron chi connectivity index (χ0n) is 20.6. The Labute approximate surface area is 212 Å². The monoisotopic (exact) mass is 507 g/mol. The van der Waals surface area contributed by atoms with Crippen molar-refractivity contribution in [2.45, 2.75) is 12.3 Å². The Morgan fingerprint density at radius 3 is 2.22 bits per heavy atom. The van der Waals surface area contributed by atoms with Crippen molar-refractivity contribution in [2.24, 2.45) is 5.73 Å². The van der Waals surface area contributed by atoms with Crippen molar-refractivity contribution in [2.75, 3.05) is 33.3 Å². The molecule has 3 rings (SSSR count). The van der Waals surface area contributed by atoms with Gasteiger partial charge in [0.2, 0.25) is 0 Å². The van der Waals surface area contributed by atoms with Crippen LogP contribution in [0.3, 0.4) is 0 Å². The van der Waals surface area contributed by atoms with Crippen LogP contribution in [0.15, 0.2) is 65.1 Å². The summed E-state index contributed by atoms with van der Waals surface area (Å²) in [5.41, 5.74) is 6.44. The number of nitrogens with two attached hydrogens (primary N) is 1. The normalized spacial score (nSPS) is 15.1. The molecule has 2 aromatic rings. The van der Waals surface area contributed by atoms with Crippen molar-refractivity contribution in [1.29, 1.82) is 5.26 Å². The van der Waals surface area contributed by atoms with Gasteiger partial charge in [0.05, 0.1) is 63.7 Å². The van der Waals surface area contributed by atoms with Crippen LogP contribution in [-0.4, -0.2) is 51.5 Å². The maximum absolute atomic E-state index is 13.2. The number of phenolic OH excluding ortho intramolecular Hbond substituents is 1. The first-order valence-corrected chi connectivity index (χ1v) is 10.9. The number of rotatable bonds is 7. The number of esters is 3. The van der Waals surface area contributed by atoms with Gasteiger partial charge in [0.1, 0.15) is 11.5 Å². The molecule has 11 heteroatoms. The lowest BCUT2D eigenvalue weighted by atomic mass is 9.81. The molecule has 0 spiro atoms. The fraction of sp³-hybridized carbons (Fsp3) is 0.231. The highest BCUT2D eigenvalue weighted by molar-refractivity contribution is 6.06. The van der Waals surface area contributed by atoms with E-state index in [-0.39, 0.29) is 40.5 Å². The van der Waals surface area contributed by atoms with Gasteiger partial charge in [-0.3, -0.25) is 9.69 Å². The minimum Gasteiger partial charge on any atom is -0.503 e. The van der Waals surface area contributed by atoms with Gasteiger partial charge in [0, 0.05) is 0 Å². The molecule has 192 valence electrons. The van der Waals surface area contributed by atoms with Crippen LogP contribution in [0.5, 0.6) is 11.5 Å². The Balaban J connectivity index is 2.45. The number of nitriles is 1. The largest absolute Gasteiger partial charge is 0.503 e. The first-order chi connectivity index (χ1) is 17.7. The summed E-state index contributed by atoms with van der Waals surface area (Å²) in [6.45, 7) is 0. The molecular weight excluding hydrogens is 482 g/mol. The van der Waals surface area contributed by atoms with E-state index in [1.807, 2.05) is 6.07 Å². The van der Waals surface area contributed by atoms with E-state index >= 15 is 0 Å². The number of hydrogen-bond donors (Lipinski definition) is 2. The molecule has 0 fully saturated rings. The van der Waals surface area contributed by atoms with Crippen LogP contribution < -0.4 is 15.4 Å². The average Bonchev–Trinajstić information content (AvgIpc) is 2.92. The fourth-order valence-electron chi connectivity index (χ4n) is 4.08. The van der Waals surface area contributed by atoms with E-state index in [0.717, 1.165) is 19.1 Å². The second-order valence-corrected chi connectivity index (χ2v) is 7.75. The molecule has 0 saturated carbocycles. The lowest BCUT2D eigenvalue weighted by Crippen LogP contribution is -2.40. The maximum atomic E-state index is 13.2. The summed E-state index contributed by atoms with van der Waals surface area (Å²) in [7, 11) is 4.74. The number of aromatic hydroxyl groups is 1. The van der Waals surface area contributed by atoms with E-state index in [0.29, 0.717) is 11.1 Å². The van der Waals surface area contributed by atoms with Crippen LogP contribution in [0.4, 0.5) is 5.69 Å². The average molecular weight is 507 g/mol. The molecule has 1 atom stereocenters. The zero-order valence-corrected chi connectivity index (χ0v) is 20.6. The summed E-state index contributed by atoms with van der Waals surface area (Å²) in [5.74, 6) is -4.35. The lowest BCUT2D eigenvalue weighted by Gasteiger charge is -2.36. The first kappa shape index (κ1) is 26.6. The molecule has 0 saturated heterocycles. The van der Waals surface area contributed by atoms with Crippen LogP contribution in [-0.2, 0) is 35.0 Å². The van der Waals surface area contributed by atoms with Gasteiger partial charge in [0.15, 0.2) is 11.5 Å². The summed E-state index contributed by atoms with van der Waals surface area (Å²) in [4.78, 5) is 39.3. The van der Waals surface area contributed by atoms with Gasteiger partial charge in [-0.05, 0) is 23.3 Å². The quantitative estimate of drug-likeness (QED) is 0.416. The highest BCUT2D eigenvalue weighted by Gasteiger charge is 2.44. The highest BCUT2D eigenvalue weighted by atomic mass is 16.5. The maximum Gasteiger partial charge on any atom is 0.355 e. The van der Waals surface area contributed by atoms with Crippen molar-refractivity contribution in [1.82, 2.24) is 0 Å². The Bertz CT molecular complexity index is 1340. The van der Waals surface area contributed by atoms with Gasteiger partial charge in [-0.1, -0.05) is 30.3 Å². The van der Waals surface area contributed by atoms with Gasteiger partial charge in [-0.2, -0.15) is 5.26 Å². The smallest absolute Gasteiger partial charge is 0.355 e. The number of allylic oxidation sites excluding steroid dienone is 1. The third-order valence-corrected chi connectivity index (χ3v) is 5.76.